The molecule has 156 valence electrons. The number of carbonyl (C=O) groups is 1. The Labute approximate surface area is 184 Å². The molecule has 0 saturated carbocycles. The number of carbonyl (C=O) groups excluding carboxylic acids is 1. The SMILES string of the molecule is Cc1ccc(S(=O)(=O)N2CSCC2C(=O)NCc2csc(-c3ccccc3)n2)cc1. The molecule has 1 unspecified atom stereocenters. The number of thiazole rings is 1. The van der Waals surface area contributed by atoms with Gasteiger partial charge in [0.25, 0.3) is 0 Å². The molecule has 4 rings (SSSR count). The molecule has 0 spiro atoms. The Balaban J connectivity index is 1.43. The summed E-state index contributed by atoms with van der Waals surface area (Å²) in [5.41, 5.74) is 2.77. The minimum absolute atomic E-state index is 0.209. The first-order valence-corrected chi connectivity index (χ1v) is 12.9. The molecule has 1 atom stereocenters. The fraction of sp³-hybridized carbons (Fsp3) is 0.238. The lowest BCUT2D eigenvalue weighted by Gasteiger charge is -2.22. The van der Waals surface area contributed by atoms with Crippen molar-refractivity contribution in [1.82, 2.24) is 14.6 Å². The molecule has 0 bridgehead atoms. The Kier molecular flexibility index (Phi) is 6.24. The van der Waals surface area contributed by atoms with Gasteiger partial charge in [-0.25, -0.2) is 13.4 Å². The Morgan fingerprint density at radius 2 is 1.90 bits per heavy atom. The van der Waals surface area contributed by atoms with Crippen molar-refractivity contribution in [2.24, 2.45) is 0 Å². The molecule has 1 fully saturated rings. The first-order chi connectivity index (χ1) is 14.4. The Bertz CT molecular complexity index is 1130. The molecular weight excluding hydrogens is 438 g/mol. The van der Waals surface area contributed by atoms with E-state index in [1.54, 1.807) is 24.3 Å². The van der Waals surface area contributed by atoms with E-state index in [1.807, 2.05) is 42.6 Å². The average molecular weight is 460 g/mol. The van der Waals surface area contributed by atoms with E-state index >= 15 is 0 Å². The molecule has 30 heavy (non-hydrogen) atoms. The molecule has 1 aliphatic heterocycles. The molecule has 3 aromatic rings. The Hall–Kier alpha value is -2.20. The topological polar surface area (TPSA) is 79.4 Å². The van der Waals surface area contributed by atoms with Crippen LogP contribution in [0.3, 0.4) is 0 Å². The number of hydrogen-bond donors (Lipinski definition) is 1. The van der Waals surface area contributed by atoms with Crippen LogP contribution in [0, 0.1) is 6.92 Å². The third kappa shape index (κ3) is 4.44. The summed E-state index contributed by atoms with van der Waals surface area (Å²) in [5, 5.41) is 5.65. The van der Waals surface area contributed by atoms with E-state index in [0.29, 0.717) is 5.75 Å². The van der Waals surface area contributed by atoms with Gasteiger partial charge < -0.3 is 5.32 Å². The molecular formula is C21H21N3O3S3. The first-order valence-electron chi connectivity index (χ1n) is 9.39. The number of sulfonamides is 1. The largest absolute Gasteiger partial charge is 0.349 e. The van der Waals surface area contributed by atoms with Crippen LogP contribution in [0.2, 0.25) is 0 Å². The van der Waals surface area contributed by atoms with E-state index in [-0.39, 0.29) is 23.2 Å². The number of rotatable bonds is 6. The highest BCUT2D eigenvalue weighted by Crippen LogP contribution is 2.29. The van der Waals surface area contributed by atoms with Crippen molar-refractivity contribution in [2.45, 2.75) is 24.4 Å². The number of nitrogens with one attached hydrogen (secondary N) is 1. The Morgan fingerprint density at radius 3 is 2.63 bits per heavy atom. The third-order valence-corrected chi connectivity index (χ3v) is 8.77. The number of benzene rings is 2. The summed E-state index contributed by atoms with van der Waals surface area (Å²) >= 11 is 2.96. The van der Waals surface area contributed by atoms with Crippen molar-refractivity contribution in [3.63, 3.8) is 0 Å². The predicted molar refractivity (Wildman–Crippen MR) is 121 cm³/mol. The van der Waals surface area contributed by atoms with Gasteiger partial charge in [-0.05, 0) is 19.1 Å². The van der Waals surface area contributed by atoms with Crippen LogP contribution < -0.4 is 5.32 Å². The lowest BCUT2D eigenvalue weighted by molar-refractivity contribution is -0.124. The van der Waals surface area contributed by atoms with E-state index in [4.69, 9.17) is 0 Å². The van der Waals surface area contributed by atoms with Gasteiger partial charge in [0.1, 0.15) is 11.0 Å². The van der Waals surface area contributed by atoms with Gasteiger partial charge in [-0.2, -0.15) is 4.31 Å². The fourth-order valence-electron chi connectivity index (χ4n) is 3.11. The summed E-state index contributed by atoms with van der Waals surface area (Å²) in [7, 11) is -3.73. The van der Waals surface area contributed by atoms with Crippen LogP contribution in [0.15, 0.2) is 64.9 Å². The van der Waals surface area contributed by atoms with Crippen LogP contribution in [0.4, 0.5) is 0 Å². The maximum Gasteiger partial charge on any atom is 0.244 e. The average Bonchev–Trinajstić information content (AvgIpc) is 3.43. The van der Waals surface area contributed by atoms with E-state index in [9.17, 15) is 13.2 Å². The van der Waals surface area contributed by atoms with Gasteiger partial charge in [-0.1, -0.05) is 48.0 Å². The smallest absolute Gasteiger partial charge is 0.244 e. The zero-order valence-corrected chi connectivity index (χ0v) is 18.8. The molecule has 1 aromatic heterocycles. The summed E-state index contributed by atoms with van der Waals surface area (Å²) in [6.45, 7) is 2.17. The summed E-state index contributed by atoms with van der Waals surface area (Å²) in [6.07, 6.45) is 0. The van der Waals surface area contributed by atoms with E-state index in [1.165, 1.54) is 27.4 Å². The first kappa shape index (κ1) is 21.0. The quantitative estimate of drug-likeness (QED) is 0.610. The minimum atomic E-state index is -3.73. The molecule has 1 aliphatic rings. The zero-order chi connectivity index (χ0) is 21.1. The van der Waals surface area contributed by atoms with Crippen molar-refractivity contribution in [3.8, 4) is 10.6 Å². The van der Waals surface area contributed by atoms with Crippen molar-refractivity contribution >= 4 is 39.0 Å². The fourth-order valence-corrected chi connectivity index (χ4v) is 7.09. The zero-order valence-electron chi connectivity index (χ0n) is 16.3. The standard InChI is InChI=1S/C21H21N3O3S3/c1-15-7-9-18(10-8-15)30(26,27)24-14-28-13-19(24)20(25)22-11-17-12-29-21(23-17)16-5-3-2-4-6-16/h2-10,12,19H,11,13-14H2,1H3,(H,22,25). The van der Waals surface area contributed by atoms with Gasteiger partial charge in [-0.15, -0.1) is 23.1 Å². The van der Waals surface area contributed by atoms with E-state index < -0.39 is 16.1 Å². The van der Waals surface area contributed by atoms with Gasteiger partial charge in [0.2, 0.25) is 15.9 Å². The molecule has 0 radical (unpaired) electrons. The molecule has 9 heteroatoms. The van der Waals surface area contributed by atoms with E-state index in [2.05, 4.69) is 10.3 Å². The Morgan fingerprint density at radius 1 is 1.17 bits per heavy atom. The summed E-state index contributed by atoms with van der Waals surface area (Å²) in [6, 6.07) is 15.8. The van der Waals surface area contributed by atoms with E-state index in [0.717, 1.165) is 21.8 Å². The maximum absolute atomic E-state index is 13.0. The number of aryl methyl sites for hydroxylation is 1. The minimum Gasteiger partial charge on any atom is -0.349 e. The second-order valence-electron chi connectivity index (χ2n) is 6.95. The normalized spacial score (nSPS) is 17.2. The third-order valence-electron chi connectivity index (χ3n) is 4.79. The number of nitrogens with zero attached hydrogens (tertiary/aromatic N) is 2. The summed E-state index contributed by atoms with van der Waals surface area (Å²) in [5.74, 6) is 0.400. The van der Waals surface area contributed by atoms with Crippen LogP contribution in [-0.4, -0.2) is 41.3 Å². The van der Waals surface area contributed by atoms with Crippen molar-refractivity contribution in [3.05, 3.63) is 71.2 Å². The number of amides is 1. The molecule has 1 N–H and O–H groups in total. The number of hydrogen-bond acceptors (Lipinski definition) is 6. The van der Waals surface area contributed by atoms with Crippen LogP contribution >= 0.6 is 23.1 Å². The van der Waals surface area contributed by atoms with Gasteiger partial charge in [0.15, 0.2) is 0 Å². The van der Waals surface area contributed by atoms with Crippen LogP contribution in [0.1, 0.15) is 11.3 Å². The number of aromatic nitrogens is 1. The van der Waals surface area contributed by atoms with Crippen LogP contribution in [-0.2, 0) is 21.4 Å². The predicted octanol–water partition coefficient (Wildman–Crippen LogP) is 3.50. The van der Waals surface area contributed by atoms with Gasteiger partial charge in [0, 0.05) is 16.7 Å². The summed E-state index contributed by atoms with van der Waals surface area (Å²) in [4.78, 5) is 17.6. The second kappa shape index (κ2) is 8.89. The van der Waals surface area contributed by atoms with Crippen molar-refractivity contribution in [2.75, 3.05) is 11.6 Å². The highest BCUT2D eigenvalue weighted by molar-refractivity contribution is 8.00. The molecule has 1 amide bonds. The van der Waals surface area contributed by atoms with Gasteiger partial charge in [0.05, 0.1) is 23.0 Å². The second-order valence-corrected chi connectivity index (χ2v) is 10.7. The monoisotopic (exact) mass is 459 g/mol. The molecule has 6 nitrogen and oxygen atoms in total. The van der Waals surface area contributed by atoms with Crippen LogP contribution in [0.25, 0.3) is 10.6 Å². The highest BCUT2D eigenvalue weighted by atomic mass is 32.2. The molecule has 2 aromatic carbocycles. The van der Waals surface area contributed by atoms with Gasteiger partial charge in [-0.3, -0.25) is 4.79 Å². The highest BCUT2D eigenvalue weighted by Gasteiger charge is 2.39. The maximum atomic E-state index is 13.0. The number of thioether (sulfide) groups is 1. The summed E-state index contributed by atoms with van der Waals surface area (Å²) < 4.78 is 27.3. The lowest BCUT2D eigenvalue weighted by Crippen LogP contribution is -2.46. The molecule has 2 heterocycles. The van der Waals surface area contributed by atoms with Crippen molar-refractivity contribution in [1.29, 1.82) is 0 Å². The van der Waals surface area contributed by atoms with Gasteiger partial charge >= 0.3 is 0 Å². The lowest BCUT2D eigenvalue weighted by atomic mass is 10.2. The molecule has 1 saturated heterocycles. The van der Waals surface area contributed by atoms with Crippen molar-refractivity contribution < 1.29 is 13.2 Å². The molecule has 0 aliphatic carbocycles. The van der Waals surface area contributed by atoms with Crippen LogP contribution in [0.5, 0.6) is 0 Å².